The van der Waals surface area contributed by atoms with Crippen molar-refractivity contribution in [1.29, 1.82) is 0 Å². The Morgan fingerprint density at radius 3 is 2.33 bits per heavy atom. The van der Waals surface area contributed by atoms with Gasteiger partial charge in [0.25, 0.3) is 5.91 Å². The first kappa shape index (κ1) is 50.8. The molecule has 4 fully saturated rings. The number of aliphatic hydroxyl groups is 3. The SMILES string of the molecule is [3H]C1CC(=O)N(CC(=O)N[C@H](C(=O)NC(CO)C(=O)NCCNC(=O)[C@]2(O)Cc3c(O)c4c(c(O)c3[C@@](O)(O[C@H]3C[C@H]5[C@H](O[C@@H]6[C@@H](OC)OCCN65)[C@H](C)O3)C2)C(=O)c2c(OC)cccc2C4=O)C(C)C)C1=O. The fraction of sp³-hybridized carbons (Fsp3) is 0.574. The predicted molar refractivity (Wildman–Crippen MR) is 240 cm³/mol. The fourth-order valence-electron chi connectivity index (χ4n) is 10.3. The lowest BCUT2D eigenvalue weighted by Gasteiger charge is -2.46. The van der Waals surface area contributed by atoms with Gasteiger partial charge in [-0.3, -0.25) is 48.2 Å². The summed E-state index contributed by atoms with van der Waals surface area (Å²) >= 11 is 0. The molecular weight excluding hydrogens is 953 g/mol. The van der Waals surface area contributed by atoms with E-state index in [0.29, 0.717) is 18.1 Å². The summed E-state index contributed by atoms with van der Waals surface area (Å²) in [7, 11) is 2.74. The molecule has 11 atom stereocenters. The van der Waals surface area contributed by atoms with Crippen LogP contribution in [0.15, 0.2) is 18.2 Å². The van der Waals surface area contributed by atoms with E-state index in [1.807, 2.05) is 4.90 Å². The molecule has 0 bridgehead atoms. The molecule has 4 heterocycles. The van der Waals surface area contributed by atoms with E-state index in [1.165, 1.54) is 32.4 Å². The minimum Gasteiger partial charge on any atom is -0.507 e. The van der Waals surface area contributed by atoms with Crippen molar-refractivity contribution in [1.82, 2.24) is 31.1 Å². The molecular formula is C47H58N6O19. The third-order valence-corrected chi connectivity index (χ3v) is 13.8. The summed E-state index contributed by atoms with van der Waals surface area (Å²) in [5.74, 6) is -12.8. The summed E-state index contributed by atoms with van der Waals surface area (Å²) in [4.78, 5) is 109. The number of morpholine rings is 1. The number of aromatic hydroxyl groups is 2. The number of likely N-dealkylation sites (tertiary alicyclic amines) is 1. The van der Waals surface area contributed by atoms with E-state index in [1.54, 1.807) is 20.8 Å². The standard InChI is InChI=1S/C47H58N6O19/c1-20(2)35(51-27(55)17-53-28(56)9-10-29(53)57)42(63)50-24(18-54)41(62)48-11-12-49-45(64)46(65)16-23-34(39(61)33-32(37(23)59)36(58)22-7-6-8-26(67-4)31(22)38(33)60)47(66,19-46)72-30-15-25-40(21(3)70-30)71-43-44(68-5)69-14-13-52(25)43/h6-8,20-21,24-25,30,35,40,43-44,54,59,61,65-66H,9-19H2,1-5H3,(H,48,62)(H,49,64)(H,50,63)(H,51,55)/t21-,24?,25-,30-,35-,40+,43+,44-,46-,47-/m0/s1/i9T/t9?,21-,24?,25-,30-,35-,40+,43+,44-,46-,47-. The maximum atomic E-state index is 14.3. The Balaban J connectivity index is 0.996. The number of rotatable bonds is 16. The molecule has 2 unspecified atom stereocenters. The molecule has 4 saturated heterocycles. The number of phenols is 2. The van der Waals surface area contributed by atoms with Crippen LogP contribution in [0.5, 0.6) is 17.2 Å². The minimum absolute atomic E-state index is 0.0159. The molecule has 4 aliphatic heterocycles. The predicted octanol–water partition coefficient (Wildman–Crippen LogP) is -2.75. The number of aliphatic hydroxyl groups excluding tert-OH is 1. The average Bonchev–Trinajstić information content (AvgIpc) is 3.84. The number of imide groups is 1. The number of phenolic OH excluding ortho intramolecular Hbond substituents is 2. The topological polar surface area (TPSA) is 348 Å². The highest BCUT2D eigenvalue weighted by molar-refractivity contribution is 6.31. The molecule has 9 N–H and O–H groups in total. The van der Waals surface area contributed by atoms with Crippen LogP contribution >= 0.6 is 0 Å². The molecule has 6 amide bonds. The zero-order valence-electron chi connectivity index (χ0n) is 40.9. The van der Waals surface area contributed by atoms with Crippen LogP contribution in [-0.2, 0) is 64.7 Å². The molecule has 2 aromatic rings. The Hall–Kier alpha value is -6.16. The molecule has 25 nitrogen and oxygen atoms in total. The third kappa shape index (κ3) is 9.39. The number of hydrogen-bond acceptors (Lipinski definition) is 20. The molecule has 2 aliphatic carbocycles. The monoisotopic (exact) mass is 1010 g/mol. The second-order valence-corrected chi connectivity index (χ2v) is 18.7. The quantitative estimate of drug-likeness (QED) is 0.0304. The van der Waals surface area contributed by atoms with Crippen LogP contribution in [0.3, 0.4) is 0 Å². The molecule has 390 valence electrons. The molecule has 25 heteroatoms. The highest BCUT2D eigenvalue weighted by atomic mass is 16.8. The number of amides is 6. The first-order valence-electron chi connectivity index (χ1n) is 23.9. The lowest BCUT2D eigenvalue weighted by molar-refractivity contribution is -0.339. The summed E-state index contributed by atoms with van der Waals surface area (Å²) in [5.41, 5.74) is -5.60. The van der Waals surface area contributed by atoms with Gasteiger partial charge in [-0.2, -0.15) is 0 Å². The molecule has 0 spiro atoms. The number of hydrogen-bond donors (Lipinski definition) is 9. The van der Waals surface area contributed by atoms with Gasteiger partial charge in [-0.15, -0.1) is 0 Å². The van der Waals surface area contributed by atoms with Crippen LogP contribution in [0, 0.1) is 5.92 Å². The van der Waals surface area contributed by atoms with E-state index < -0.39 is 186 Å². The van der Waals surface area contributed by atoms with Gasteiger partial charge in [-0.1, -0.05) is 26.0 Å². The number of benzene rings is 2. The lowest BCUT2D eigenvalue weighted by Crippen LogP contribution is -2.59. The molecule has 2 aromatic carbocycles. The van der Waals surface area contributed by atoms with E-state index in [0.717, 1.165) is 0 Å². The van der Waals surface area contributed by atoms with Crippen molar-refractivity contribution in [3.8, 4) is 17.2 Å². The van der Waals surface area contributed by atoms with Crippen molar-refractivity contribution in [3.05, 3.63) is 51.6 Å². The average molecular weight is 1010 g/mol. The second-order valence-electron chi connectivity index (χ2n) is 18.7. The molecule has 0 saturated carbocycles. The maximum Gasteiger partial charge on any atom is 0.252 e. The second kappa shape index (κ2) is 20.4. The van der Waals surface area contributed by atoms with Crippen LogP contribution in [0.4, 0.5) is 0 Å². The van der Waals surface area contributed by atoms with Crippen molar-refractivity contribution >= 4 is 47.0 Å². The Bertz CT molecular complexity index is 2620. The summed E-state index contributed by atoms with van der Waals surface area (Å²) in [6.45, 7) is 3.09. The minimum atomic E-state index is -2.95. The molecule has 0 aromatic heterocycles. The number of ether oxygens (including phenoxy) is 6. The van der Waals surface area contributed by atoms with Crippen LogP contribution in [0.25, 0.3) is 0 Å². The Kier molecular flexibility index (Phi) is 14.4. The van der Waals surface area contributed by atoms with Crippen molar-refractivity contribution in [2.75, 3.05) is 53.6 Å². The number of ketones is 2. The number of nitrogens with one attached hydrogen (secondary N) is 4. The van der Waals surface area contributed by atoms with E-state index in [9.17, 15) is 63.9 Å². The normalized spacial score (nSPS) is 29.8. The summed E-state index contributed by atoms with van der Waals surface area (Å²) in [6, 6.07) is 0.880. The van der Waals surface area contributed by atoms with Crippen molar-refractivity contribution < 1.29 is 93.7 Å². The Morgan fingerprint density at radius 1 is 0.944 bits per heavy atom. The van der Waals surface area contributed by atoms with Crippen LogP contribution < -0.4 is 26.0 Å². The van der Waals surface area contributed by atoms with Crippen LogP contribution in [0.1, 0.15) is 90.8 Å². The van der Waals surface area contributed by atoms with Crippen molar-refractivity contribution in [3.63, 3.8) is 0 Å². The molecule has 6 aliphatic rings. The van der Waals surface area contributed by atoms with E-state index in [4.69, 9.17) is 29.8 Å². The highest BCUT2D eigenvalue weighted by Crippen LogP contribution is 2.54. The maximum absolute atomic E-state index is 14.3. The van der Waals surface area contributed by atoms with Gasteiger partial charge in [0.05, 0.1) is 48.7 Å². The molecule has 8 rings (SSSR count). The van der Waals surface area contributed by atoms with E-state index >= 15 is 0 Å². The zero-order chi connectivity index (χ0) is 53.0. The smallest absolute Gasteiger partial charge is 0.252 e. The summed E-state index contributed by atoms with van der Waals surface area (Å²) in [5, 5.41) is 68.8. The number of carbonyl (C=O) groups excluding carboxylic acids is 8. The van der Waals surface area contributed by atoms with Crippen LogP contribution in [0.2, 0.25) is 0 Å². The zero-order valence-corrected chi connectivity index (χ0v) is 39.9. The van der Waals surface area contributed by atoms with Crippen molar-refractivity contribution in [2.45, 2.75) is 113 Å². The van der Waals surface area contributed by atoms with Gasteiger partial charge >= 0.3 is 0 Å². The Labute approximate surface area is 412 Å². The van der Waals surface area contributed by atoms with E-state index in [2.05, 4.69) is 21.3 Å². The van der Waals surface area contributed by atoms with E-state index in [-0.39, 0.29) is 36.3 Å². The first-order valence-corrected chi connectivity index (χ1v) is 23.3. The van der Waals surface area contributed by atoms with Gasteiger partial charge in [-0.25, -0.2) is 0 Å². The Morgan fingerprint density at radius 2 is 1.67 bits per heavy atom. The number of nitrogens with zero attached hydrogens (tertiary/aromatic N) is 2. The summed E-state index contributed by atoms with van der Waals surface area (Å²) in [6.07, 6.45) is -7.55. The lowest BCUT2D eigenvalue weighted by atomic mass is 9.71. The molecule has 0 radical (unpaired) electrons. The largest absolute Gasteiger partial charge is 0.507 e. The highest BCUT2D eigenvalue weighted by Gasteiger charge is 2.59. The number of methoxy groups -OCH3 is 2. The van der Waals surface area contributed by atoms with Gasteiger partial charge in [0.15, 0.2) is 30.2 Å². The number of carbonyl (C=O) groups is 8. The van der Waals surface area contributed by atoms with Gasteiger partial charge in [-0.05, 0) is 18.9 Å². The van der Waals surface area contributed by atoms with Crippen molar-refractivity contribution in [2.24, 2.45) is 5.92 Å². The first-order chi connectivity index (χ1) is 34.6. The number of fused-ring (bicyclic) bond motifs is 6. The van der Waals surface area contributed by atoms with Gasteiger partial charge < -0.3 is 75.2 Å². The third-order valence-electron chi connectivity index (χ3n) is 13.8. The van der Waals surface area contributed by atoms with Gasteiger partial charge in [0.1, 0.15) is 42.0 Å². The van der Waals surface area contributed by atoms with Gasteiger partial charge in [0.2, 0.25) is 41.1 Å². The fourth-order valence-corrected chi connectivity index (χ4v) is 10.3. The molecule has 72 heavy (non-hydrogen) atoms. The van der Waals surface area contributed by atoms with Crippen LogP contribution in [-0.4, -0.2) is 191 Å². The van der Waals surface area contributed by atoms with Gasteiger partial charge in [0, 0.05) is 77.4 Å². The summed E-state index contributed by atoms with van der Waals surface area (Å²) < 4.78 is 43.0.